The fraction of sp³-hybridized carbons (Fsp3) is 0.278. The number of carbonyl (C=O) groups is 4. The van der Waals surface area contributed by atoms with Crippen molar-refractivity contribution in [2.24, 2.45) is 0 Å². The number of carboxylic acids is 2. The second-order valence-electron chi connectivity index (χ2n) is 10.3. The molecule has 4 N–H and O–H groups in total. The zero-order valence-electron chi connectivity index (χ0n) is 27.4. The summed E-state index contributed by atoms with van der Waals surface area (Å²) in [4.78, 5) is 58.1. The normalized spacial score (nSPS) is 12.1. The van der Waals surface area contributed by atoms with Crippen LogP contribution in [0.5, 0.6) is 5.75 Å². The molecule has 13 nitrogen and oxygen atoms in total. The number of benzene rings is 4. The number of fused-ring (bicyclic) bond motifs is 1. The number of aliphatic hydroxyl groups excluding tert-OH is 2. The van der Waals surface area contributed by atoms with Crippen LogP contribution in [0.4, 0.5) is 0 Å². The summed E-state index contributed by atoms with van der Waals surface area (Å²) in [6.45, 7) is 4.35. The van der Waals surface area contributed by atoms with Gasteiger partial charge in [-0.15, -0.1) is 10.1 Å². The van der Waals surface area contributed by atoms with Gasteiger partial charge in [0.2, 0.25) is 0 Å². The molecule has 0 spiro atoms. The molecule has 49 heavy (non-hydrogen) atoms. The molecule has 0 aromatic heterocycles. The van der Waals surface area contributed by atoms with E-state index in [0.717, 1.165) is 21.1 Å². The van der Waals surface area contributed by atoms with E-state index in [4.69, 9.17) is 24.6 Å². The van der Waals surface area contributed by atoms with Gasteiger partial charge in [0, 0.05) is 18.5 Å². The van der Waals surface area contributed by atoms with E-state index in [1.54, 1.807) is 57.2 Å². The number of hydrogen-bond acceptors (Lipinski definition) is 11. The predicted molar refractivity (Wildman–Crippen MR) is 180 cm³/mol. The molecule has 13 heteroatoms. The molecule has 0 saturated carbocycles. The lowest BCUT2D eigenvalue weighted by Gasteiger charge is -2.25. The van der Waals surface area contributed by atoms with Crippen LogP contribution in [-0.4, -0.2) is 99.4 Å². The maximum Gasteiger partial charge on any atom is 0.361 e. The largest absolute Gasteiger partial charge is 0.493 e. The highest BCUT2D eigenvalue weighted by atomic mass is 16.7. The van der Waals surface area contributed by atoms with Crippen LogP contribution in [0.2, 0.25) is 0 Å². The van der Waals surface area contributed by atoms with Gasteiger partial charge in [-0.05, 0) is 49.4 Å². The van der Waals surface area contributed by atoms with Crippen molar-refractivity contribution in [2.45, 2.75) is 32.9 Å². The molecule has 0 bridgehead atoms. The fourth-order valence-corrected chi connectivity index (χ4v) is 4.86. The summed E-state index contributed by atoms with van der Waals surface area (Å²) in [6, 6.07) is 24.4. The van der Waals surface area contributed by atoms with Crippen LogP contribution in [0.15, 0.2) is 91.0 Å². The minimum Gasteiger partial charge on any atom is -0.493 e. The zero-order valence-corrected chi connectivity index (χ0v) is 27.4. The zero-order chi connectivity index (χ0) is 35.9. The monoisotopic (exact) mass is 676 g/mol. The summed E-state index contributed by atoms with van der Waals surface area (Å²) in [6.07, 6.45) is 0. The average molecular weight is 677 g/mol. The van der Waals surface area contributed by atoms with Gasteiger partial charge in [-0.25, -0.2) is 9.59 Å². The molecule has 0 saturated heterocycles. The molecule has 0 heterocycles. The Kier molecular flexibility index (Phi) is 14.7. The Balaban J connectivity index is 0.000000266. The van der Waals surface area contributed by atoms with Crippen molar-refractivity contribution in [1.29, 1.82) is 0 Å². The molecule has 0 unspecified atom stereocenters. The number of hydrogen-bond donors (Lipinski definition) is 4. The Morgan fingerprint density at radius 3 is 1.73 bits per heavy atom. The van der Waals surface area contributed by atoms with Crippen molar-refractivity contribution >= 4 is 34.6 Å². The lowest BCUT2D eigenvalue weighted by atomic mass is 10.00. The van der Waals surface area contributed by atoms with Gasteiger partial charge in [0.15, 0.2) is 12.1 Å². The number of carbonyl (C=O) groups excluding carboxylic acids is 2. The number of likely N-dealkylation sites (N-methyl/N-ethyl adjacent to an activating group) is 2. The van der Waals surface area contributed by atoms with Crippen molar-refractivity contribution in [3.63, 3.8) is 0 Å². The summed E-state index contributed by atoms with van der Waals surface area (Å²) >= 11 is 0. The fourth-order valence-electron chi connectivity index (χ4n) is 4.86. The Morgan fingerprint density at radius 1 is 0.653 bits per heavy atom. The average Bonchev–Trinajstić information content (AvgIpc) is 3.11. The van der Waals surface area contributed by atoms with E-state index in [1.807, 2.05) is 54.6 Å². The van der Waals surface area contributed by atoms with Crippen molar-refractivity contribution in [1.82, 2.24) is 10.1 Å². The van der Waals surface area contributed by atoms with Gasteiger partial charge in [-0.3, -0.25) is 9.59 Å². The first kappa shape index (κ1) is 38.1. The maximum atomic E-state index is 12.7. The summed E-state index contributed by atoms with van der Waals surface area (Å²) in [5.74, 6) is -3.58. The second-order valence-corrected chi connectivity index (χ2v) is 10.3. The minimum atomic E-state index is -1.33. The molecular weight excluding hydrogens is 636 g/mol. The SMILES string of the molecule is CCN(OC(=O)c1ccccc1-c1ccccc1)[C@@H](CO)C(=O)O.CCOc1ccc2ccccc2c1C(=O)ON(CC)[C@@H](CO)C(=O)O. The smallest absolute Gasteiger partial charge is 0.361 e. The molecule has 4 rings (SSSR count). The first-order valence-electron chi connectivity index (χ1n) is 15.6. The Morgan fingerprint density at radius 2 is 1.18 bits per heavy atom. The van der Waals surface area contributed by atoms with Crippen molar-refractivity contribution < 1.29 is 54.0 Å². The third-order valence-electron chi connectivity index (χ3n) is 7.26. The van der Waals surface area contributed by atoms with Crippen LogP contribution in [0.1, 0.15) is 41.5 Å². The number of hydroxylamine groups is 4. The van der Waals surface area contributed by atoms with E-state index in [2.05, 4.69) is 0 Å². The van der Waals surface area contributed by atoms with Gasteiger partial charge < -0.3 is 34.8 Å². The highest BCUT2D eigenvalue weighted by Gasteiger charge is 2.30. The van der Waals surface area contributed by atoms with Crippen LogP contribution in [0.25, 0.3) is 21.9 Å². The minimum absolute atomic E-state index is 0.109. The molecule has 0 amide bonds. The molecular formula is C36H40N2O11. The third kappa shape index (κ3) is 9.84. The summed E-state index contributed by atoms with van der Waals surface area (Å²) < 4.78 is 5.53. The quantitative estimate of drug-likeness (QED) is 0.131. The molecule has 2 atom stereocenters. The van der Waals surface area contributed by atoms with Gasteiger partial charge in [0.1, 0.15) is 11.3 Å². The van der Waals surface area contributed by atoms with Gasteiger partial charge in [-0.1, -0.05) is 78.9 Å². The van der Waals surface area contributed by atoms with Gasteiger partial charge in [0.25, 0.3) is 0 Å². The Labute approximate surface area is 283 Å². The highest BCUT2D eigenvalue weighted by Crippen LogP contribution is 2.29. The molecule has 260 valence electrons. The summed E-state index contributed by atoms with van der Waals surface area (Å²) in [5.41, 5.74) is 2.09. The third-order valence-corrected chi connectivity index (χ3v) is 7.26. The highest BCUT2D eigenvalue weighted by molar-refractivity contribution is 6.07. The van der Waals surface area contributed by atoms with E-state index < -0.39 is 49.2 Å². The second kappa shape index (κ2) is 18.9. The number of aliphatic hydroxyl groups is 2. The number of ether oxygens (including phenoxy) is 1. The Bertz CT molecular complexity index is 1710. The Hall–Kier alpha value is -5.34. The van der Waals surface area contributed by atoms with Crippen molar-refractivity contribution in [3.05, 3.63) is 102 Å². The molecule has 0 aliphatic carbocycles. The first-order valence-corrected chi connectivity index (χ1v) is 15.6. The summed E-state index contributed by atoms with van der Waals surface area (Å²) in [7, 11) is 0. The van der Waals surface area contributed by atoms with E-state index in [0.29, 0.717) is 28.9 Å². The lowest BCUT2D eigenvalue weighted by Crippen LogP contribution is -2.44. The van der Waals surface area contributed by atoms with Crippen molar-refractivity contribution in [3.8, 4) is 16.9 Å². The molecule has 0 fully saturated rings. The van der Waals surface area contributed by atoms with E-state index in [1.165, 1.54) is 0 Å². The number of nitrogens with zero attached hydrogens (tertiary/aromatic N) is 2. The molecule has 0 aliphatic rings. The van der Waals surface area contributed by atoms with Gasteiger partial charge in [-0.2, -0.15) is 0 Å². The summed E-state index contributed by atoms with van der Waals surface area (Å²) in [5, 5.41) is 40.1. The number of aliphatic carboxylic acids is 2. The van der Waals surface area contributed by atoms with Crippen LogP contribution in [0, 0.1) is 0 Å². The topological polar surface area (TPSA) is 183 Å². The van der Waals surface area contributed by atoms with Gasteiger partial charge >= 0.3 is 23.9 Å². The van der Waals surface area contributed by atoms with E-state index in [-0.39, 0.29) is 18.7 Å². The lowest BCUT2D eigenvalue weighted by molar-refractivity contribution is -0.176. The number of carboxylic acid groups (broad SMARTS) is 2. The molecule has 4 aromatic rings. The predicted octanol–water partition coefficient (Wildman–Crippen LogP) is 4.27. The molecule has 0 radical (unpaired) electrons. The van der Waals surface area contributed by atoms with E-state index >= 15 is 0 Å². The van der Waals surface area contributed by atoms with Crippen LogP contribution >= 0.6 is 0 Å². The number of rotatable bonds is 15. The standard InChI is InChI=1S/C18H21NO6.C18H19NO5/c1-3-19(14(11-20)17(21)22)25-18(23)16-13-8-6-5-7-12(13)9-10-15(16)24-4-2;1-2-19(16(12-20)17(21)22)24-18(23)15-11-7-6-10-14(15)13-8-4-3-5-9-13/h5-10,14,20H,3-4,11H2,1-2H3,(H,21,22);3-11,16,20H,2,12H2,1H3,(H,21,22)/t14-;16-/m00/s1. The maximum absolute atomic E-state index is 12.7. The van der Waals surface area contributed by atoms with Crippen LogP contribution in [-0.2, 0) is 19.3 Å². The molecule has 0 aliphatic heterocycles. The molecule has 4 aromatic carbocycles. The van der Waals surface area contributed by atoms with Crippen LogP contribution in [0.3, 0.4) is 0 Å². The first-order chi connectivity index (χ1) is 23.6. The van der Waals surface area contributed by atoms with E-state index in [9.17, 15) is 29.4 Å². The van der Waals surface area contributed by atoms with Crippen molar-refractivity contribution in [2.75, 3.05) is 32.9 Å². The van der Waals surface area contributed by atoms with Gasteiger partial charge in [0.05, 0.1) is 25.4 Å². The van der Waals surface area contributed by atoms with Crippen LogP contribution < -0.4 is 4.74 Å².